The van der Waals surface area contributed by atoms with Crippen molar-refractivity contribution in [1.29, 1.82) is 0 Å². The van der Waals surface area contributed by atoms with E-state index in [1.165, 1.54) is 6.42 Å². The molecule has 5 atom stereocenters. The van der Waals surface area contributed by atoms with E-state index in [0.29, 0.717) is 13.0 Å². The first-order valence-corrected chi connectivity index (χ1v) is 14.2. The first kappa shape index (κ1) is 30.0. The van der Waals surface area contributed by atoms with Crippen molar-refractivity contribution in [1.82, 2.24) is 31.1 Å². The van der Waals surface area contributed by atoms with Gasteiger partial charge in [-0.05, 0) is 52.5 Å². The standard InChI is InChI=1S/C27H48N6O5/c1-16(2)29-25(36)33-15-20(38-26(37)30-18-11-9-8-10-12-18)21-19(33)13-14-32(21)24(35)22(27(4,5)6)31-23(34)17(3)28-7/h16-22,28H,8-15H2,1-7H3,(H,29,36)(H,30,37)(H,31,34)/t17-,19+,20-,21-,22+/m0/s1. The van der Waals surface area contributed by atoms with Crippen LogP contribution in [0, 0.1) is 5.41 Å². The van der Waals surface area contributed by atoms with Crippen LogP contribution in [0.4, 0.5) is 9.59 Å². The zero-order valence-corrected chi connectivity index (χ0v) is 24.1. The smallest absolute Gasteiger partial charge is 0.407 e. The maximum Gasteiger partial charge on any atom is 0.407 e. The third-order valence-corrected chi connectivity index (χ3v) is 7.95. The molecule has 0 aromatic carbocycles. The average Bonchev–Trinajstić information content (AvgIpc) is 3.42. The number of alkyl carbamates (subject to hydrolysis) is 1. The van der Waals surface area contributed by atoms with Crippen LogP contribution in [0.3, 0.4) is 0 Å². The minimum absolute atomic E-state index is 0.0516. The fourth-order valence-electron chi connectivity index (χ4n) is 5.75. The average molecular weight is 537 g/mol. The van der Waals surface area contributed by atoms with E-state index in [1.54, 1.807) is 23.8 Å². The molecule has 3 aliphatic rings. The van der Waals surface area contributed by atoms with Crippen molar-refractivity contribution >= 4 is 23.9 Å². The van der Waals surface area contributed by atoms with Gasteiger partial charge >= 0.3 is 12.1 Å². The lowest BCUT2D eigenvalue weighted by Crippen LogP contribution is -2.59. The van der Waals surface area contributed by atoms with Crippen LogP contribution in [0.1, 0.15) is 80.1 Å². The highest BCUT2D eigenvalue weighted by molar-refractivity contribution is 5.91. The summed E-state index contributed by atoms with van der Waals surface area (Å²) in [6.07, 6.45) is 4.59. The van der Waals surface area contributed by atoms with Gasteiger partial charge in [-0.2, -0.15) is 0 Å². The molecule has 0 aromatic rings. The summed E-state index contributed by atoms with van der Waals surface area (Å²) >= 11 is 0. The Labute approximate surface area is 227 Å². The summed E-state index contributed by atoms with van der Waals surface area (Å²) in [4.78, 5) is 56.1. The SMILES string of the molecule is CN[C@@H](C)C(=O)N[C@H](C(=O)N1CC[C@@H]2[C@H]1[C@@H](OC(=O)NC1CCCCC1)CN2C(=O)NC(C)C)C(C)(C)C. The summed E-state index contributed by atoms with van der Waals surface area (Å²) in [5.74, 6) is -0.491. The van der Waals surface area contributed by atoms with Crippen LogP contribution >= 0.6 is 0 Å². The van der Waals surface area contributed by atoms with Crippen molar-refractivity contribution in [3.05, 3.63) is 0 Å². The van der Waals surface area contributed by atoms with E-state index >= 15 is 0 Å². The van der Waals surface area contributed by atoms with Gasteiger partial charge in [-0.25, -0.2) is 9.59 Å². The summed E-state index contributed by atoms with van der Waals surface area (Å²) in [6.45, 7) is 11.9. The van der Waals surface area contributed by atoms with E-state index in [2.05, 4.69) is 21.3 Å². The molecule has 2 aliphatic heterocycles. The Morgan fingerprint density at radius 2 is 1.58 bits per heavy atom. The molecule has 4 N–H and O–H groups in total. The Kier molecular flexibility index (Phi) is 9.89. The van der Waals surface area contributed by atoms with Gasteiger partial charge < -0.3 is 35.8 Å². The fourth-order valence-corrected chi connectivity index (χ4v) is 5.75. The monoisotopic (exact) mass is 536 g/mol. The van der Waals surface area contributed by atoms with Gasteiger partial charge in [0.15, 0.2) is 0 Å². The second-order valence-electron chi connectivity index (χ2n) is 12.4. The molecule has 2 saturated heterocycles. The molecule has 38 heavy (non-hydrogen) atoms. The summed E-state index contributed by atoms with van der Waals surface area (Å²) in [5.41, 5.74) is -0.555. The predicted octanol–water partition coefficient (Wildman–Crippen LogP) is 1.96. The number of hydrogen-bond donors (Lipinski definition) is 4. The molecule has 0 radical (unpaired) electrons. The van der Waals surface area contributed by atoms with Gasteiger partial charge in [0.25, 0.3) is 0 Å². The largest absolute Gasteiger partial charge is 0.442 e. The number of likely N-dealkylation sites (tertiary alicyclic amines) is 2. The van der Waals surface area contributed by atoms with Crippen LogP contribution in [0.15, 0.2) is 0 Å². The van der Waals surface area contributed by atoms with Crippen molar-refractivity contribution in [2.75, 3.05) is 20.1 Å². The number of nitrogens with one attached hydrogen (secondary N) is 4. The summed E-state index contributed by atoms with van der Waals surface area (Å²) in [7, 11) is 1.69. The second-order valence-corrected chi connectivity index (χ2v) is 12.4. The first-order valence-electron chi connectivity index (χ1n) is 14.2. The zero-order valence-electron chi connectivity index (χ0n) is 24.1. The van der Waals surface area contributed by atoms with Crippen LogP contribution in [0.5, 0.6) is 0 Å². The highest BCUT2D eigenvalue weighted by atomic mass is 16.6. The minimum Gasteiger partial charge on any atom is -0.442 e. The number of urea groups is 1. The lowest BCUT2D eigenvalue weighted by Gasteiger charge is -2.37. The molecule has 11 nitrogen and oxygen atoms in total. The van der Waals surface area contributed by atoms with Crippen molar-refractivity contribution in [3.8, 4) is 0 Å². The number of hydrogen-bond acceptors (Lipinski definition) is 6. The van der Waals surface area contributed by atoms with Crippen molar-refractivity contribution in [2.24, 2.45) is 5.41 Å². The third kappa shape index (κ3) is 7.09. The lowest BCUT2D eigenvalue weighted by atomic mass is 9.85. The van der Waals surface area contributed by atoms with Gasteiger partial charge in [-0.15, -0.1) is 0 Å². The molecule has 216 valence electrons. The molecule has 11 heteroatoms. The molecule has 3 rings (SSSR count). The van der Waals surface area contributed by atoms with E-state index in [4.69, 9.17) is 4.74 Å². The number of fused-ring (bicyclic) bond motifs is 1. The van der Waals surface area contributed by atoms with Crippen LogP contribution in [0.2, 0.25) is 0 Å². The van der Waals surface area contributed by atoms with Crippen LogP contribution in [-0.2, 0) is 14.3 Å². The number of ether oxygens (including phenoxy) is 1. The van der Waals surface area contributed by atoms with E-state index in [1.807, 2.05) is 34.6 Å². The number of carbonyl (C=O) groups excluding carboxylic acids is 4. The highest BCUT2D eigenvalue weighted by Crippen LogP contribution is 2.36. The molecule has 0 unspecified atom stereocenters. The van der Waals surface area contributed by atoms with Crippen molar-refractivity contribution in [2.45, 2.75) is 122 Å². The van der Waals surface area contributed by atoms with Gasteiger partial charge in [0.1, 0.15) is 12.1 Å². The normalized spacial score (nSPS) is 25.5. The van der Waals surface area contributed by atoms with E-state index in [0.717, 1.165) is 25.7 Å². The zero-order chi connectivity index (χ0) is 28.2. The van der Waals surface area contributed by atoms with Crippen molar-refractivity contribution in [3.63, 3.8) is 0 Å². The predicted molar refractivity (Wildman–Crippen MR) is 144 cm³/mol. The molecular formula is C27H48N6O5. The molecule has 0 bridgehead atoms. The fraction of sp³-hybridized carbons (Fsp3) is 0.852. The van der Waals surface area contributed by atoms with Crippen LogP contribution in [-0.4, -0.2) is 96.2 Å². The summed E-state index contributed by atoms with van der Waals surface area (Å²) < 4.78 is 5.93. The molecule has 2 heterocycles. The van der Waals surface area contributed by atoms with Gasteiger partial charge in [0.2, 0.25) is 11.8 Å². The molecule has 1 aliphatic carbocycles. The van der Waals surface area contributed by atoms with Gasteiger partial charge in [0.05, 0.1) is 24.7 Å². The quantitative estimate of drug-likeness (QED) is 0.393. The summed E-state index contributed by atoms with van der Waals surface area (Å²) in [6, 6.07) is -2.19. The van der Waals surface area contributed by atoms with E-state index in [9.17, 15) is 19.2 Å². The Balaban J connectivity index is 1.82. The lowest BCUT2D eigenvalue weighted by molar-refractivity contribution is -0.141. The topological polar surface area (TPSA) is 132 Å². The molecule has 0 spiro atoms. The first-order chi connectivity index (χ1) is 17.8. The number of carbonyl (C=O) groups is 4. The Morgan fingerprint density at radius 1 is 0.921 bits per heavy atom. The van der Waals surface area contributed by atoms with Gasteiger partial charge in [0, 0.05) is 18.6 Å². The van der Waals surface area contributed by atoms with E-state index in [-0.39, 0.29) is 42.5 Å². The number of likely N-dealkylation sites (N-methyl/N-ethyl adjacent to an activating group) is 1. The molecular weight excluding hydrogens is 488 g/mol. The minimum atomic E-state index is -0.778. The van der Waals surface area contributed by atoms with E-state index < -0.39 is 35.7 Å². The Bertz CT molecular complexity index is 869. The Morgan fingerprint density at radius 3 is 2.16 bits per heavy atom. The second kappa shape index (κ2) is 12.5. The van der Waals surface area contributed by atoms with Crippen LogP contribution in [0.25, 0.3) is 0 Å². The number of nitrogens with zero attached hydrogens (tertiary/aromatic N) is 2. The highest BCUT2D eigenvalue weighted by Gasteiger charge is 2.55. The number of amides is 5. The third-order valence-electron chi connectivity index (χ3n) is 7.95. The Hall–Kier alpha value is -2.56. The molecule has 0 aromatic heterocycles. The molecule has 3 fully saturated rings. The summed E-state index contributed by atoms with van der Waals surface area (Å²) in [5, 5.41) is 11.8. The van der Waals surface area contributed by atoms with Gasteiger partial charge in [-0.3, -0.25) is 9.59 Å². The molecule has 5 amide bonds. The van der Waals surface area contributed by atoms with Gasteiger partial charge in [-0.1, -0.05) is 40.0 Å². The molecule has 1 saturated carbocycles. The maximum atomic E-state index is 14.0. The van der Waals surface area contributed by atoms with Crippen LogP contribution < -0.4 is 21.3 Å². The van der Waals surface area contributed by atoms with Crippen molar-refractivity contribution < 1.29 is 23.9 Å². The number of rotatable bonds is 7. The maximum absolute atomic E-state index is 14.0.